The van der Waals surface area contributed by atoms with Gasteiger partial charge in [0.05, 0.1) is 0 Å². The van der Waals surface area contributed by atoms with Crippen molar-refractivity contribution in [1.29, 1.82) is 0 Å². The van der Waals surface area contributed by atoms with Crippen LogP contribution in [0.25, 0.3) is 0 Å². The Morgan fingerprint density at radius 2 is 1.70 bits per heavy atom. The number of hydrogen-bond acceptors (Lipinski definition) is 3. The van der Waals surface area contributed by atoms with Crippen LogP contribution < -0.4 is 39.8 Å². The van der Waals surface area contributed by atoms with Crippen molar-refractivity contribution in [2.24, 2.45) is 0 Å². The van der Waals surface area contributed by atoms with E-state index in [0.717, 1.165) is 16.9 Å². The SMILES string of the molecule is CC(CC(=O)NO)c1ccc(OC(C)c2ccccc2)cc1.[H-].[Na+]. The molecule has 0 spiro atoms. The second kappa shape index (κ2) is 9.73. The molecule has 0 fully saturated rings. The minimum Gasteiger partial charge on any atom is -1.00 e. The first-order valence-corrected chi connectivity index (χ1v) is 7.34. The molecule has 2 unspecified atom stereocenters. The molecule has 118 valence electrons. The van der Waals surface area contributed by atoms with Crippen molar-refractivity contribution in [3.63, 3.8) is 0 Å². The standard InChI is InChI=1S/C18H21NO3.Na.H/c1-13(12-18(20)19-21)15-8-10-17(11-9-15)22-14(2)16-6-4-3-5-7-16;;/h3-11,13-14,21H,12H2,1-2H3,(H,19,20);;/q;+1;-1. The van der Waals surface area contributed by atoms with Gasteiger partial charge in [-0.15, -0.1) is 0 Å². The molecule has 2 aromatic rings. The number of carbonyl (C=O) groups is 1. The fourth-order valence-electron chi connectivity index (χ4n) is 2.31. The Balaban J connectivity index is 0.00000264. The molecule has 0 aliphatic rings. The topological polar surface area (TPSA) is 58.6 Å². The summed E-state index contributed by atoms with van der Waals surface area (Å²) >= 11 is 0. The van der Waals surface area contributed by atoms with E-state index in [0.29, 0.717) is 0 Å². The predicted octanol–water partition coefficient (Wildman–Crippen LogP) is 0.942. The zero-order valence-electron chi connectivity index (χ0n) is 14.8. The number of rotatable bonds is 6. The van der Waals surface area contributed by atoms with Crippen LogP contribution in [0.4, 0.5) is 0 Å². The summed E-state index contributed by atoms with van der Waals surface area (Å²) in [4.78, 5) is 11.2. The van der Waals surface area contributed by atoms with E-state index in [4.69, 9.17) is 9.94 Å². The number of hydroxylamine groups is 1. The summed E-state index contributed by atoms with van der Waals surface area (Å²) < 4.78 is 5.92. The smallest absolute Gasteiger partial charge is 1.00 e. The van der Waals surface area contributed by atoms with E-state index in [-0.39, 0.29) is 55.3 Å². The van der Waals surface area contributed by atoms with E-state index >= 15 is 0 Å². The van der Waals surface area contributed by atoms with Crippen LogP contribution in [0.3, 0.4) is 0 Å². The summed E-state index contributed by atoms with van der Waals surface area (Å²) in [7, 11) is 0. The van der Waals surface area contributed by atoms with Crippen molar-refractivity contribution >= 4 is 5.91 Å². The van der Waals surface area contributed by atoms with Gasteiger partial charge in [-0.3, -0.25) is 10.0 Å². The summed E-state index contributed by atoms with van der Waals surface area (Å²) in [6.45, 7) is 3.95. The van der Waals surface area contributed by atoms with Crippen molar-refractivity contribution in [3.8, 4) is 5.75 Å². The van der Waals surface area contributed by atoms with Gasteiger partial charge in [-0.1, -0.05) is 49.4 Å². The van der Waals surface area contributed by atoms with E-state index in [1.54, 1.807) is 5.48 Å². The molecule has 0 saturated heterocycles. The molecule has 0 saturated carbocycles. The minimum atomic E-state index is -0.384. The van der Waals surface area contributed by atoms with E-state index in [1.807, 2.05) is 68.4 Å². The van der Waals surface area contributed by atoms with Crippen LogP contribution in [0.15, 0.2) is 54.6 Å². The van der Waals surface area contributed by atoms with E-state index < -0.39 is 0 Å². The minimum absolute atomic E-state index is 0. The monoisotopic (exact) mass is 323 g/mol. The van der Waals surface area contributed by atoms with Gasteiger partial charge in [0.2, 0.25) is 5.91 Å². The molecule has 2 aromatic carbocycles. The van der Waals surface area contributed by atoms with Gasteiger partial charge >= 0.3 is 29.6 Å². The number of benzene rings is 2. The van der Waals surface area contributed by atoms with Crippen molar-refractivity contribution in [2.45, 2.75) is 32.3 Å². The van der Waals surface area contributed by atoms with Gasteiger partial charge in [-0.25, -0.2) is 5.48 Å². The van der Waals surface area contributed by atoms with Crippen molar-refractivity contribution in [1.82, 2.24) is 5.48 Å². The second-order valence-electron chi connectivity index (χ2n) is 5.38. The van der Waals surface area contributed by atoms with Gasteiger partial charge in [0.15, 0.2) is 0 Å². The molecule has 1 amide bonds. The average Bonchev–Trinajstić information content (AvgIpc) is 2.56. The van der Waals surface area contributed by atoms with Crippen molar-refractivity contribution < 1.29 is 45.7 Å². The molecule has 5 heteroatoms. The van der Waals surface area contributed by atoms with Gasteiger partial charge in [-0.2, -0.15) is 0 Å². The van der Waals surface area contributed by atoms with E-state index in [9.17, 15) is 4.79 Å². The summed E-state index contributed by atoms with van der Waals surface area (Å²) in [5.74, 6) is 0.442. The molecule has 23 heavy (non-hydrogen) atoms. The molecular weight excluding hydrogens is 301 g/mol. The largest absolute Gasteiger partial charge is 1.00 e. The molecule has 0 aliphatic heterocycles. The third-order valence-corrected chi connectivity index (χ3v) is 3.65. The molecule has 0 aromatic heterocycles. The third-order valence-electron chi connectivity index (χ3n) is 3.65. The first-order valence-electron chi connectivity index (χ1n) is 7.34. The van der Waals surface area contributed by atoms with Crippen LogP contribution in [-0.4, -0.2) is 11.1 Å². The normalized spacial score (nSPS) is 12.7. The number of nitrogens with one attached hydrogen (secondary N) is 1. The quantitative estimate of drug-likeness (QED) is 0.473. The zero-order chi connectivity index (χ0) is 15.9. The molecule has 0 radical (unpaired) electrons. The molecular formula is C18H22NNaO3. The fraction of sp³-hybridized carbons (Fsp3) is 0.278. The van der Waals surface area contributed by atoms with E-state index in [2.05, 4.69) is 0 Å². The Labute approximate surface area is 160 Å². The summed E-state index contributed by atoms with van der Waals surface area (Å²) in [6, 6.07) is 17.7. The van der Waals surface area contributed by atoms with Gasteiger partial charge in [0.25, 0.3) is 0 Å². The maximum absolute atomic E-state index is 11.2. The Bertz CT molecular complexity index is 607. The number of amides is 1. The van der Waals surface area contributed by atoms with Gasteiger partial charge in [0, 0.05) is 6.42 Å². The van der Waals surface area contributed by atoms with Crippen LogP contribution in [0, 0.1) is 0 Å². The van der Waals surface area contributed by atoms with Crippen LogP contribution >= 0.6 is 0 Å². The second-order valence-corrected chi connectivity index (χ2v) is 5.38. The molecule has 4 nitrogen and oxygen atoms in total. The van der Waals surface area contributed by atoms with Crippen molar-refractivity contribution in [3.05, 3.63) is 65.7 Å². The number of ether oxygens (including phenoxy) is 1. The van der Waals surface area contributed by atoms with Crippen molar-refractivity contribution in [2.75, 3.05) is 0 Å². The van der Waals surface area contributed by atoms with Gasteiger partial charge in [0.1, 0.15) is 11.9 Å². The molecule has 2 rings (SSSR count). The first-order chi connectivity index (χ1) is 10.6. The fourth-order valence-corrected chi connectivity index (χ4v) is 2.31. The summed E-state index contributed by atoms with van der Waals surface area (Å²) in [6.07, 6.45) is 0.224. The van der Waals surface area contributed by atoms with E-state index in [1.165, 1.54) is 0 Å². The Morgan fingerprint density at radius 1 is 1.09 bits per heavy atom. The maximum Gasteiger partial charge on any atom is 1.00 e. The number of hydrogen-bond donors (Lipinski definition) is 2. The molecule has 0 aliphatic carbocycles. The average molecular weight is 323 g/mol. The molecule has 2 atom stereocenters. The predicted molar refractivity (Wildman–Crippen MR) is 86.0 cm³/mol. The Morgan fingerprint density at radius 3 is 2.26 bits per heavy atom. The van der Waals surface area contributed by atoms with Crippen LogP contribution in [0.5, 0.6) is 5.75 Å². The Hall–Kier alpha value is -1.33. The molecule has 0 heterocycles. The molecule has 0 bridgehead atoms. The summed E-state index contributed by atoms with van der Waals surface area (Å²) in [5, 5.41) is 8.56. The van der Waals surface area contributed by atoms with Gasteiger partial charge in [-0.05, 0) is 36.1 Å². The first kappa shape index (κ1) is 19.7. The van der Waals surface area contributed by atoms with Crippen LogP contribution in [-0.2, 0) is 4.79 Å². The third kappa shape index (κ3) is 5.99. The maximum atomic E-state index is 11.2. The molecule has 2 N–H and O–H groups in total. The van der Waals surface area contributed by atoms with Crippen LogP contribution in [0.1, 0.15) is 44.8 Å². The number of carbonyl (C=O) groups excluding carboxylic acids is 1. The zero-order valence-corrected chi connectivity index (χ0v) is 15.8. The summed E-state index contributed by atoms with van der Waals surface area (Å²) in [5.41, 5.74) is 3.81. The Kier molecular flexibility index (Phi) is 8.34. The van der Waals surface area contributed by atoms with Crippen LogP contribution in [0.2, 0.25) is 0 Å². The van der Waals surface area contributed by atoms with Gasteiger partial charge < -0.3 is 6.16 Å².